The molecule has 7 heteroatoms. The van der Waals surface area contributed by atoms with Gasteiger partial charge in [-0.2, -0.15) is 0 Å². The molecule has 0 N–H and O–H groups in total. The van der Waals surface area contributed by atoms with Crippen molar-refractivity contribution in [2.75, 3.05) is 47.0 Å². The van der Waals surface area contributed by atoms with Crippen LogP contribution in [0, 0.1) is 0 Å². The molecule has 2 aromatic rings. The zero-order valence-corrected chi connectivity index (χ0v) is 17.5. The topological polar surface area (TPSA) is 68.3 Å². The fourth-order valence-corrected chi connectivity index (χ4v) is 3.41. The Morgan fingerprint density at radius 3 is 2.10 bits per heavy atom. The van der Waals surface area contributed by atoms with Crippen LogP contribution in [0.2, 0.25) is 0 Å². The first-order chi connectivity index (χ1) is 14.6. The summed E-state index contributed by atoms with van der Waals surface area (Å²) in [7, 11) is 3.15. The highest BCUT2D eigenvalue weighted by molar-refractivity contribution is 5.80. The normalized spacial score (nSPS) is 13.7. The zero-order valence-electron chi connectivity index (χ0n) is 17.5. The maximum absolute atomic E-state index is 12.7. The van der Waals surface area contributed by atoms with Crippen LogP contribution in [0.5, 0.6) is 17.2 Å². The van der Waals surface area contributed by atoms with E-state index in [9.17, 15) is 9.59 Å². The molecule has 2 amide bonds. The Kier molecular flexibility index (Phi) is 7.54. The van der Waals surface area contributed by atoms with Crippen LogP contribution >= 0.6 is 0 Å². The Hall–Kier alpha value is -3.22. The molecule has 1 heterocycles. The van der Waals surface area contributed by atoms with Crippen LogP contribution in [-0.2, 0) is 16.0 Å². The van der Waals surface area contributed by atoms with Gasteiger partial charge in [-0.1, -0.05) is 24.3 Å². The van der Waals surface area contributed by atoms with E-state index in [1.165, 1.54) is 0 Å². The van der Waals surface area contributed by atoms with Crippen LogP contribution in [0.1, 0.15) is 12.0 Å². The van der Waals surface area contributed by atoms with Crippen LogP contribution in [0.3, 0.4) is 0 Å². The van der Waals surface area contributed by atoms with Crippen molar-refractivity contribution >= 4 is 11.8 Å². The van der Waals surface area contributed by atoms with Gasteiger partial charge < -0.3 is 24.0 Å². The van der Waals surface area contributed by atoms with Gasteiger partial charge in [-0.25, -0.2) is 0 Å². The predicted octanol–water partition coefficient (Wildman–Crippen LogP) is 2.39. The number of methoxy groups -OCH3 is 2. The van der Waals surface area contributed by atoms with Crippen molar-refractivity contribution in [1.29, 1.82) is 0 Å². The largest absolute Gasteiger partial charge is 0.493 e. The maximum Gasteiger partial charge on any atom is 0.227 e. The smallest absolute Gasteiger partial charge is 0.227 e. The van der Waals surface area contributed by atoms with E-state index < -0.39 is 0 Å². The average molecular weight is 412 g/mol. The molecule has 0 bridgehead atoms. The van der Waals surface area contributed by atoms with Crippen LogP contribution in [-0.4, -0.2) is 68.6 Å². The Morgan fingerprint density at radius 2 is 1.47 bits per heavy atom. The standard InChI is InChI=1S/C23H28N2O5/c1-28-20-9-8-18(16-21(20)29-2)17-23(27)25-13-11-24(12-14-25)22(26)10-15-30-19-6-4-3-5-7-19/h3-9,16H,10-15,17H2,1-2H3. The van der Waals surface area contributed by atoms with E-state index >= 15 is 0 Å². The Labute approximate surface area is 177 Å². The molecule has 7 nitrogen and oxygen atoms in total. The minimum Gasteiger partial charge on any atom is -0.493 e. The third-order valence-electron chi connectivity index (χ3n) is 5.12. The van der Waals surface area contributed by atoms with Crippen molar-refractivity contribution in [3.8, 4) is 17.2 Å². The number of hydrogen-bond donors (Lipinski definition) is 0. The minimum absolute atomic E-state index is 0.0433. The lowest BCUT2D eigenvalue weighted by Crippen LogP contribution is -2.51. The van der Waals surface area contributed by atoms with Crippen molar-refractivity contribution in [3.63, 3.8) is 0 Å². The van der Waals surface area contributed by atoms with Crippen LogP contribution < -0.4 is 14.2 Å². The fraction of sp³-hybridized carbons (Fsp3) is 0.391. The van der Waals surface area contributed by atoms with E-state index in [1.807, 2.05) is 42.5 Å². The van der Waals surface area contributed by atoms with Crippen LogP contribution in [0.25, 0.3) is 0 Å². The molecule has 0 spiro atoms. The van der Waals surface area contributed by atoms with Crippen LogP contribution in [0.15, 0.2) is 48.5 Å². The molecule has 0 aromatic heterocycles. The Morgan fingerprint density at radius 1 is 0.833 bits per heavy atom. The summed E-state index contributed by atoms with van der Waals surface area (Å²) in [6.45, 7) is 2.51. The van der Waals surface area contributed by atoms with Gasteiger partial charge >= 0.3 is 0 Å². The average Bonchev–Trinajstić information content (AvgIpc) is 2.79. The van der Waals surface area contributed by atoms with Gasteiger partial charge in [0.15, 0.2) is 11.5 Å². The van der Waals surface area contributed by atoms with Crippen molar-refractivity contribution < 1.29 is 23.8 Å². The van der Waals surface area contributed by atoms with E-state index in [1.54, 1.807) is 30.1 Å². The minimum atomic E-state index is 0.0433. The summed E-state index contributed by atoms with van der Waals surface area (Å²) in [5.41, 5.74) is 0.870. The van der Waals surface area contributed by atoms with Crippen molar-refractivity contribution in [3.05, 3.63) is 54.1 Å². The van der Waals surface area contributed by atoms with E-state index in [2.05, 4.69) is 0 Å². The molecule has 1 fully saturated rings. The lowest BCUT2D eigenvalue weighted by atomic mass is 10.1. The lowest BCUT2D eigenvalue weighted by molar-refractivity contribution is -0.139. The third-order valence-corrected chi connectivity index (χ3v) is 5.12. The monoisotopic (exact) mass is 412 g/mol. The van der Waals surface area contributed by atoms with Gasteiger partial charge in [0.25, 0.3) is 0 Å². The summed E-state index contributed by atoms with van der Waals surface area (Å²) >= 11 is 0. The van der Waals surface area contributed by atoms with Crippen molar-refractivity contribution in [1.82, 2.24) is 9.80 Å². The number of nitrogens with zero attached hydrogens (tertiary/aromatic N) is 2. The van der Waals surface area contributed by atoms with E-state index in [0.29, 0.717) is 57.1 Å². The summed E-state index contributed by atoms with van der Waals surface area (Å²) < 4.78 is 16.1. The molecule has 1 aliphatic rings. The summed E-state index contributed by atoms with van der Waals surface area (Å²) in [4.78, 5) is 28.7. The first kappa shape index (κ1) is 21.5. The number of benzene rings is 2. The summed E-state index contributed by atoms with van der Waals surface area (Å²) in [5.74, 6) is 2.10. The Bertz CT molecular complexity index is 848. The second-order valence-electron chi connectivity index (χ2n) is 7.04. The number of para-hydroxylation sites is 1. The summed E-state index contributed by atoms with van der Waals surface area (Å²) in [6, 6.07) is 14.9. The van der Waals surface area contributed by atoms with Gasteiger partial charge in [0.1, 0.15) is 5.75 Å². The molecule has 30 heavy (non-hydrogen) atoms. The molecule has 1 aliphatic heterocycles. The number of amides is 2. The fourth-order valence-electron chi connectivity index (χ4n) is 3.41. The van der Waals surface area contributed by atoms with Crippen LogP contribution in [0.4, 0.5) is 0 Å². The number of carbonyl (C=O) groups is 2. The number of piperazine rings is 1. The van der Waals surface area contributed by atoms with Gasteiger partial charge in [-0.05, 0) is 29.8 Å². The SMILES string of the molecule is COc1ccc(CC(=O)N2CCN(C(=O)CCOc3ccccc3)CC2)cc1OC. The molecule has 0 unspecified atom stereocenters. The molecular weight excluding hydrogens is 384 g/mol. The summed E-state index contributed by atoms with van der Waals surface area (Å²) in [5, 5.41) is 0. The van der Waals surface area contributed by atoms with Gasteiger partial charge in [-0.15, -0.1) is 0 Å². The second kappa shape index (κ2) is 10.5. The Balaban J connectivity index is 1.43. The molecule has 160 valence electrons. The molecule has 0 aliphatic carbocycles. The first-order valence-corrected chi connectivity index (χ1v) is 10.0. The molecule has 0 atom stereocenters. The van der Waals surface area contributed by atoms with Gasteiger partial charge in [-0.3, -0.25) is 9.59 Å². The van der Waals surface area contributed by atoms with Crippen molar-refractivity contribution in [2.45, 2.75) is 12.8 Å². The highest BCUT2D eigenvalue weighted by Crippen LogP contribution is 2.27. The lowest BCUT2D eigenvalue weighted by Gasteiger charge is -2.35. The molecule has 1 saturated heterocycles. The number of hydrogen-bond acceptors (Lipinski definition) is 5. The first-order valence-electron chi connectivity index (χ1n) is 10.0. The molecular formula is C23H28N2O5. The van der Waals surface area contributed by atoms with E-state index in [4.69, 9.17) is 14.2 Å². The predicted molar refractivity (Wildman–Crippen MR) is 113 cm³/mol. The number of ether oxygens (including phenoxy) is 3. The molecule has 0 saturated carbocycles. The molecule has 0 radical (unpaired) electrons. The van der Waals surface area contributed by atoms with Gasteiger partial charge in [0.2, 0.25) is 11.8 Å². The highest BCUT2D eigenvalue weighted by Gasteiger charge is 2.24. The van der Waals surface area contributed by atoms with Gasteiger partial charge in [0.05, 0.1) is 33.7 Å². The number of rotatable bonds is 8. The molecule has 3 rings (SSSR count). The van der Waals surface area contributed by atoms with E-state index in [-0.39, 0.29) is 11.8 Å². The second-order valence-corrected chi connectivity index (χ2v) is 7.04. The molecule has 2 aromatic carbocycles. The van der Waals surface area contributed by atoms with Crippen molar-refractivity contribution in [2.24, 2.45) is 0 Å². The maximum atomic E-state index is 12.7. The quantitative estimate of drug-likeness (QED) is 0.666. The highest BCUT2D eigenvalue weighted by atomic mass is 16.5. The summed E-state index contributed by atoms with van der Waals surface area (Å²) in [6.07, 6.45) is 0.619. The zero-order chi connectivity index (χ0) is 21.3. The van der Waals surface area contributed by atoms with Gasteiger partial charge in [0, 0.05) is 26.2 Å². The van der Waals surface area contributed by atoms with E-state index in [0.717, 1.165) is 11.3 Å². The third kappa shape index (κ3) is 5.65. The number of carbonyl (C=O) groups excluding carboxylic acids is 2.